The third-order valence-electron chi connectivity index (χ3n) is 3.29. The Hall–Kier alpha value is -2.29. The van der Waals surface area contributed by atoms with E-state index in [2.05, 4.69) is 12.2 Å². The average molecular weight is 283 g/mol. The molecule has 0 aliphatic carbocycles. The number of amides is 1. The molecule has 2 aromatic rings. The summed E-state index contributed by atoms with van der Waals surface area (Å²) in [6.45, 7) is 5.18. The maximum absolute atomic E-state index is 12.1. The number of aryl methyl sites for hydroxylation is 1. The zero-order chi connectivity index (χ0) is 15.1. The molecule has 0 fully saturated rings. The lowest BCUT2D eigenvalue weighted by atomic mass is 10.1. The minimum atomic E-state index is -0.0560. The Morgan fingerprint density at radius 3 is 2.48 bits per heavy atom. The van der Waals surface area contributed by atoms with Gasteiger partial charge < -0.3 is 10.1 Å². The fourth-order valence-electron chi connectivity index (χ4n) is 2.09. The van der Waals surface area contributed by atoms with Gasteiger partial charge in [-0.25, -0.2) is 0 Å². The molecule has 0 aliphatic heterocycles. The van der Waals surface area contributed by atoms with Gasteiger partial charge in [0.2, 0.25) is 0 Å². The highest BCUT2D eigenvalue weighted by Crippen LogP contribution is 2.13. The molecule has 0 unspecified atom stereocenters. The van der Waals surface area contributed by atoms with Gasteiger partial charge in [-0.15, -0.1) is 0 Å². The molecule has 3 heteroatoms. The van der Waals surface area contributed by atoms with Crippen molar-refractivity contribution in [1.82, 2.24) is 5.32 Å². The summed E-state index contributed by atoms with van der Waals surface area (Å²) in [7, 11) is 0. The van der Waals surface area contributed by atoms with E-state index in [1.165, 1.54) is 5.56 Å². The molecule has 0 aromatic heterocycles. The van der Waals surface area contributed by atoms with Gasteiger partial charge in [0.15, 0.2) is 0 Å². The Kier molecular flexibility index (Phi) is 5.38. The van der Waals surface area contributed by atoms with Crippen LogP contribution in [0.1, 0.15) is 35.3 Å². The maximum atomic E-state index is 12.1. The van der Waals surface area contributed by atoms with Crippen LogP contribution < -0.4 is 10.1 Å². The summed E-state index contributed by atoms with van der Waals surface area (Å²) in [5, 5.41) is 2.93. The van der Waals surface area contributed by atoms with E-state index in [1.807, 2.05) is 55.5 Å². The summed E-state index contributed by atoms with van der Waals surface area (Å²) in [5.41, 5.74) is 2.95. The number of hydrogen-bond donors (Lipinski definition) is 1. The highest BCUT2D eigenvalue weighted by atomic mass is 16.5. The van der Waals surface area contributed by atoms with E-state index in [9.17, 15) is 4.79 Å². The Balaban J connectivity index is 1.95. The van der Waals surface area contributed by atoms with Crippen LogP contribution in [0.2, 0.25) is 0 Å². The molecule has 0 aliphatic rings. The molecule has 3 nitrogen and oxygen atoms in total. The lowest BCUT2D eigenvalue weighted by Crippen LogP contribution is -2.22. The van der Waals surface area contributed by atoms with Crippen molar-refractivity contribution >= 4 is 5.91 Å². The fourth-order valence-corrected chi connectivity index (χ4v) is 2.09. The van der Waals surface area contributed by atoms with Gasteiger partial charge in [0, 0.05) is 12.1 Å². The minimum absolute atomic E-state index is 0.0560. The van der Waals surface area contributed by atoms with Crippen LogP contribution >= 0.6 is 0 Å². The molecule has 0 spiro atoms. The molecular weight excluding hydrogens is 262 g/mol. The molecule has 0 bridgehead atoms. The predicted octanol–water partition coefficient (Wildman–Crippen LogP) is 3.58. The molecule has 1 amide bonds. The molecule has 0 radical (unpaired) electrons. The maximum Gasteiger partial charge on any atom is 0.251 e. The second kappa shape index (κ2) is 7.48. The number of hydrogen-bond acceptors (Lipinski definition) is 2. The van der Waals surface area contributed by atoms with Gasteiger partial charge in [0.05, 0.1) is 6.61 Å². The van der Waals surface area contributed by atoms with Crippen LogP contribution in [0.4, 0.5) is 0 Å². The standard InChI is InChI=1S/C18H21NO2/c1-3-14-8-10-16(11-9-14)18(20)19-13-15-6-5-7-17(12-15)21-4-2/h5-12H,3-4,13H2,1-2H3,(H,19,20). The monoisotopic (exact) mass is 283 g/mol. The van der Waals surface area contributed by atoms with Crippen molar-refractivity contribution in [2.24, 2.45) is 0 Å². The first-order valence-corrected chi connectivity index (χ1v) is 7.31. The highest BCUT2D eigenvalue weighted by Gasteiger charge is 2.05. The lowest BCUT2D eigenvalue weighted by molar-refractivity contribution is 0.0951. The fraction of sp³-hybridized carbons (Fsp3) is 0.278. The van der Waals surface area contributed by atoms with Crippen molar-refractivity contribution in [3.63, 3.8) is 0 Å². The summed E-state index contributed by atoms with van der Waals surface area (Å²) in [6, 6.07) is 15.5. The third-order valence-corrected chi connectivity index (χ3v) is 3.29. The van der Waals surface area contributed by atoms with Gasteiger partial charge in [-0.1, -0.05) is 31.2 Å². The number of nitrogens with one attached hydrogen (secondary N) is 1. The quantitative estimate of drug-likeness (QED) is 0.880. The van der Waals surface area contributed by atoms with E-state index < -0.39 is 0 Å². The summed E-state index contributed by atoms with van der Waals surface area (Å²) in [6.07, 6.45) is 0.978. The van der Waals surface area contributed by atoms with E-state index >= 15 is 0 Å². The van der Waals surface area contributed by atoms with Crippen LogP contribution in [0, 0.1) is 0 Å². The van der Waals surface area contributed by atoms with Crippen molar-refractivity contribution in [1.29, 1.82) is 0 Å². The Labute approximate surface area is 126 Å². The number of carbonyl (C=O) groups excluding carboxylic acids is 1. The normalized spacial score (nSPS) is 10.2. The molecule has 0 saturated carbocycles. The average Bonchev–Trinajstić information content (AvgIpc) is 2.53. The van der Waals surface area contributed by atoms with Crippen LogP contribution in [0.25, 0.3) is 0 Å². The topological polar surface area (TPSA) is 38.3 Å². The second-order valence-corrected chi connectivity index (χ2v) is 4.81. The molecule has 2 rings (SSSR count). The van der Waals surface area contributed by atoms with Crippen LogP contribution in [-0.2, 0) is 13.0 Å². The van der Waals surface area contributed by atoms with E-state index in [0.717, 1.165) is 17.7 Å². The molecule has 2 aromatic carbocycles. The van der Waals surface area contributed by atoms with Crippen molar-refractivity contribution in [3.05, 3.63) is 65.2 Å². The Morgan fingerprint density at radius 1 is 1.05 bits per heavy atom. The first-order valence-electron chi connectivity index (χ1n) is 7.31. The van der Waals surface area contributed by atoms with Crippen LogP contribution in [0.3, 0.4) is 0 Å². The Bertz CT molecular complexity index is 590. The van der Waals surface area contributed by atoms with E-state index in [0.29, 0.717) is 18.7 Å². The van der Waals surface area contributed by atoms with Crippen LogP contribution in [0.5, 0.6) is 5.75 Å². The number of ether oxygens (including phenoxy) is 1. The summed E-state index contributed by atoms with van der Waals surface area (Å²) in [5.74, 6) is 0.774. The van der Waals surface area contributed by atoms with E-state index in [-0.39, 0.29) is 5.91 Å². The van der Waals surface area contributed by atoms with E-state index in [1.54, 1.807) is 0 Å². The van der Waals surface area contributed by atoms with Crippen LogP contribution in [0.15, 0.2) is 48.5 Å². The molecule has 1 N–H and O–H groups in total. The van der Waals surface area contributed by atoms with Gasteiger partial charge in [-0.3, -0.25) is 4.79 Å². The van der Waals surface area contributed by atoms with Gasteiger partial charge in [0.1, 0.15) is 5.75 Å². The smallest absolute Gasteiger partial charge is 0.251 e. The molecule has 110 valence electrons. The van der Waals surface area contributed by atoms with Crippen molar-refractivity contribution < 1.29 is 9.53 Å². The largest absolute Gasteiger partial charge is 0.494 e. The minimum Gasteiger partial charge on any atom is -0.494 e. The van der Waals surface area contributed by atoms with Gasteiger partial charge in [-0.2, -0.15) is 0 Å². The number of carbonyl (C=O) groups is 1. The highest BCUT2D eigenvalue weighted by molar-refractivity contribution is 5.94. The van der Waals surface area contributed by atoms with Crippen LogP contribution in [-0.4, -0.2) is 12.5 Å². The van der Waals surface area contributed by atoms with Crippen molar-refractivity contribution in [2.75, 3.05) is 6.61 Å². The number of benzene rings is 2. The molecule has 21 heavy (non-hydrogen) atoms. The summed E-state index contributed by atoms with van der Waals surface area (Å²) >= 11 is 0. The Morgan fingerprint density at radius 2 is 1.81 bits per heavy atom. The SMILES string of the molecule is CCOc1cccc(CNC(=O)c2ccc(CC)cc2)c1. The predicted molar refractivity (Wildman–Crippen MR) is 84.6 cm³/mol. The van der Waals surface area contributed by atoms with Gasteiger partial charge >= 0.3 is 0 Å². The first-order chi connectivity index (χ1) is 10.2. The van der Waals surface area contributed by atoms with Gasteiger partial charge in [-0.05, 0) is 48.7 Å². The zero-order valence-corrected chi connectivity index (χ0v) is 12.6. The summed E-state index contributed by atoms with van der Waals surface area (Å²) < 4.78 is 5.45. The van der Waals surface area contributed by atoms with Crippen molar-refractivity contribution in [3.8, 4) is 5.75 Å². The molecule has 0 atom stereocenters. The second-order valence-electron chi connectivity index (χ2n) is 4.81. The molecule has 0 heterocycles. The lowest BCUT2D eigenvalue weighted by Gasteiger charge is -2.08. The number of rotatable bonds is 6. The van der Waals surface area contributed by atoms with Crippen molar-refractivity contribution in [2.45, 2.75) is 26.8 Å². The third kappa shape index (κ3) is 4.35. The van der Waals surface area contributed by atoms with E-state index in [4.69, 9.17) is 4.74 Å². The first kappa shape index (κ1) is 15.1. The zero-order valence-electron chi connectivity index (χ0n) is 12.6. The van der Waals surface area contributed by atoms with Gasteiger partial charge in [0.25, 0.3) is 5.91 Å². The summed E-state index contributed by atoms with van der Waals surface area (Å²) in [4.78, 5) is 12.1. The molecule has 0 saturated heterocycles. The molecular formula is C18H21NO2.